The van der Waals surface area contributed by atoms with Gasteiger partial charge in [-0.25, -0.2) is 9.78 Å². The average Bonchev–Trinajstić information content (AvgIpc) is 3.60. The van der Waals surface area contributed by atoms with Gasteiger partial charge in [-0.2, -0.15) is 5.26 Å². The third-order valence-corrected chi connectivity index (χ3v) is 9.12. The highest BCUT2D eigenvalue weighted by Gasteiger charge is 2.36. The molecule has 0 spiro atoms. The third kappa shape index (κ3) is 5.14. The average molecular weight is 605 g/mol. The van der Waals surface area contributed by atoms with Crippen molar-refractivity contribution in [2.24, 2.45) is 5.92 Å². The van der Waals surface area contributed by atoms with Gasteiger partial charge in [0.2, 0.25) is 5.91 Å². The van der Waals surface area contributed by atoms with E-state index < -0.39 is 5.92 Å². The molecule has 4 amide bonds. The van der Waals surface area contributed by atoms with Crippen molar-refractivity contribution in [1.29, 1.82) is 5.26 Å². The van der Waals surface area contributed by atoms with Gasteiger partial charge < -0.3 is 20.3 Å². The lowest BCUT2D eigenvalue weighted by Crippen LogP contribution is -2.40. The lowest BCUT2D eigenvalue weighted by molar-refractivity contribution is -0.131. The first-order valence-electron chi connectivity index (χ1n) is 14.4. The number of ether oxygens (including phenoxy) is 1. The van der Waals surface area contributed by atoms with Gasteiger partial charge in [-0.1, -0.05) is 29.8 Å². The fourth-order valence-corrected chi connectivity index (χ4v) is 6.74. The molecular weight excluding hydrogens is 576 g/mol. The van der Waals surface area contributed by atoms with Gasteiger partial charge in [0.25, 0.3) is 5.91 Å². The summed E-state index contributed by atoms with van der Waals surface area (Å²) < 4.78 is 5.97. The molecule has 2 atom stereocenters. The van der Waals surface area contributed by atoms with Crippen molar-refractivity contribution in [2.75, 3.05) is 23.3 Å². The molecule has 1 aliphatic carbocycles. The van der Waals surface area contributed by atoms with E-state index in [2.05, 4.69) is 21.7 Å². The number of aryl methyl sites for hydroxylation is 1. The number of amides is 4. The number of rotatable bonds is 7. The van der Waals surface area contributed by atoms with Crippen LogP contribution in [-0.2, 0) is 4.79 Å². The molecule has 2 aliphatic heterocycles. The first kappa shape index (κ1) is 27.6. The monoisotopic (exact) mass is 604 g/mol. The minimum Gasteiger partial charge on any atom is -0.457 e. The Bertz CT molecular complexity index is 1890. The Morgan fingerprint density at radius 2 is 1.98 bits per heavy atom. The molecule has 7 rings (SSSR count). The van der Waals surface area contributed by atoms with Crippen LogP contribution in [0.2, 0.25) is 0 Å². The van der Waals surface area contributed by atoms with Gasteiger partial charge in [-0.15, -0.1) is 11.3 Å². The Hall–Kier alpha value is -5.21. The molecular formula is C33H28N6O4S. The maximum absolute atomic E-state index is 13.6. The quantitative estimate of drug-likeness (QED) is 0.239. The number of carbonyl (C=O) groups excluding carboxylic acids is 3. The number of hydrogen-bond donors (Lipinski definition) is 2. The SMILES string of the molecule is Cc1cc(Oc2ccccc2)ccc1N1C(=O)Nc2c(C(=O)N[C@H]3CCN(C(=O)C(C#N)C=C4CC4)C3)sc3nccc1c23. The van der Waals surface area contributed by atoms with Crippen LogP contribution in [-0.4, -0.2) is 46.9 Å². The summed E-state index contributed by atoms with van der Waals surface area (Å²) in [5, 5.41) is 16.2. The first-order chi connectivity index (χ1) is 21.4. The molecule has 1 saturated heterocycles. The van der Waals surface area contributed by atoms with Crippen molar-refractivity contribution in [3.63, 3.8) is 0 Å². The molecule has 2 aromatic heterocycles. The molecule has 3 aliphatic rings. The molecule has 2 aromatic carbocycles. The topological polar surface area (TPSA) is 128 Å². The Balaban J connectivity index is 1.11. The highest BCUT2D eigenvalue weighted by Crippen LogP contribution is 2.46. The number of nitrogens with zero attached hydrogens (tertiary/aromatic N) is 4. The summed E-state index contributed by atoms with van der Waals surface area (Å²) in [6.45, 7) is 2.72. The van der Waals surface area contributed by atoms with E-state index in [0.717, 1.165) is 29.7 Å². The van der Waals surface area contributed by atoms with Crippen molar-refractivity contribution in [3.05, 3.63) is 82.9 Å². The standard InChI is InChI=1S/C33H28N6O4S/c1-19-15-24(43-23-5-3-2-4-6-23)9-10-25(19)39-26-11-13-35-31-27(26)28(37-33(39)42)29(44-31)30(40)36-22-12-14-38(18-22)32(41)21(17-34)16-20-7-8-20/h2-6,9-11,13,15-16,21-22H,7-8,12,14,18H2,1H3,(H,36,40)(H,37,42)/t21?,22-/m0/s1. The number of carbonyl (C=O) groups is 3. The summed E-state index contributed by atoms with van der Waals surface area (Å²) in [7, 11) is 0. The number of pyridine rings is 1. The number of hydrogen-bond acceptors (Lipinski definition) is 7. The fourth-order valence-electron chi connectivity index (χ4n) is 5.71. The predicted molar refractivity (Wildman–Crippen MR) is 167 cm³/mol. The van der Waals surface area contributed by atoms with Crippen molar-refractivity contribution >= 4 is 56.5 Å². The number of nitrogens with one attached hydrogen (secondary N) is 2. The molecule has 44 heavy (non-hydrogen) atoms. The summed E-state index contributed by atoms with van der Waals surface area (Å²) in [5.41, 5.74) is 3.73. The Kier molecular flexibility index (Phi) is 6.98. The summed E-state index contributed by atoms with van der Waals surface area (Å²) in [6.07, 6.45) is 5.88. The molecule has 10 nitrogen and oxygen atoms in total. The van der Waals surface area contributed by atoms with Gasteiger partial charge in [0, 0.05) is 25.3 Å². The Morgan fingerprint density at radius 1 is 1.16 bits per heavy atom. The molecule has 0 bridgehead atoms. The Morgan fingerprint density at radius 3 is 2.73 bits per heavy atom. The molecule has 11 heteroatoms. The molecule has 0 radical (unpaired) electrons. The molecule has 2 fully saturated rings. The van der Waals surface area contributed by atoms with E-state index in [0.29, 0.717) is 57.4 Å². The highest BCUT2D eigenvalue weighted by molar-refractivity contribution is 7.21. The van der Waals surface area contributed by atoms with Crippen LogP contribution < -0.4 is 20.3 Å². The zero-order valence-electron chi connectivity index (χ0n) is 23.9. The van der Waals surface area contributed by atoms with E-state index in [1.54, 1.807) is 28.1 Å². The largest absolute Gasteiger partial charge is 0.457 e. The number of thiophene rings is 1. The molecule has 1 unspecified atom stereocenters. The summed E-state index contributed by atoms with van der Waals surface area (Å²) in [6, 6.07) is 18.2. The van der Waals surface area contributed by atoms with Gasteiger partial charge in [0.1, 0.15) is 27.1 Å². The number of aromatic nitrogens is 1. The number of para-hydroxylation sites is 1. The van der Waals surface area contributed by atoms with E-state index in [-0.39, 0.29) is 23.9 Å². The number of allylic oxidation sites excluding steroid dienone is 1. The summed E-state index contributed by atoms with van der Waals surface area (Å²) in [5.74, 6) is 0.0248. The van der Waals surface area contributed by atoms with Crippen LogP contribution in [0.15, 0.2) is 72.4 Å². The highest BCUT2D eigenvalue weighted by atomic mass is 32.1. The molecule has 4 heterocycles. The predicted octanol–water partition coefficient (Wildman–Crippen LogP) is 6.27. The smallest absolute Gasteiger partial charge is 0.331 e. The van der Waals surface area contributed by atoms with Crippen LogP contribution in [0.1, 0.15) is 34.5 Å². The first-order valence-corrected chi connectivity index (χ1v) is 15.3. The lowest BCUT2D eigenvalue weighted by Gasteiger charge is -2.29. The van der Waals surface area contributed by atoms with E-state index in [4.69, 9.17) is 4.74 Å². The summed E-state index contributed by atoms with van der Waals surface area (Å²) in [4.78, 5) is 48.7. The second kappa shape index (κ2) is 11.1. The fraction of sp³-hybridized carbons (Fsp3) is 0.242. The minimum atomic E-state index is -0.784. The van der Waals surface area contributed by atoms with E-state index in [1.165, 1.54) is 11.3 Å². The maximum Gasteiger partial charge on any atom is 0.331 e. The number of likely N-dealkylation sites (tertiary alicyclic amines) is 1. The zero-order valence-corrected chi connectivity index (χ0v) is 24.7. The number of urea groups is 1. The van der Waals surface area contributed by atoms with Gasteiger partial charge >= 0.3 is 6.03 Å². The normalized spacial score (nSPS) is 17.6. The minimum absolute atomic E-state index is 0.225. The van der Waals surface area contributed by atoms with Crippen LogP contribution in [0.5, 0.6) is 11.5 Å². The van der Waals surface area contributed by atoms with Crippen molar-refractivity contribution in [3.8, 4) is 17.6 Å². The molecule has 2 N–H and O–H groups in total. The molecule has 220 valence electrons. The van der Waals surface area contributed by atoms with Gasteiger partial charge in [0.15, 0.2) is 0 Å². The van der Waals surface area contributed by atoms with Gasteiger partial charge in [-0.05, 0) is 68.1 Å². The number of benzene rings is 2. The van der Waals surface area contributed by atoms with Crippen molar-refractivity contribution in [1.82, 2.24) is 15.2 Å². The van der Waals surface area contributed by atoms with E-state index in [1.807, 2.05) is 55.5 Å². The number of anilines is 3. The summed E-state index contributed by atoms with van der Waals surface area (Å²) >= 11 is 1.21. The van der Waals surface area contributed by atoms with Crippen molar-refractivity contribution < 1.29 is 19.1 Å². The van der Waals surface area contributed by atoms with Crippen LogP contribution in [0, 0.1) is 24.2 Å². The van der Waals surface area contributed by atoms with E-state index in [9.17, 15) is 19.6 Å². The van der Waals surface area contributed by atoms with Crippen LogP contribution in [0.25, 0.3) is 10.2 Å². The molecule has 1 saturated carbocycles. The van der Waals surface area contributed by atoms with Crippen LogP contribution in [0.4, 0.5) is 21.9 Å². The zero-order chi connectivity index (χ0) is 30.4. The lowest BCUT2D eigenvalue weighted by atomic mass is 10.1. The second-order valence-corrected chi connectivity index (χ2v) is 12.1. The maximum atomic E-state index is 13.6. The second-order valence-electron chi connectivity index (χ2n) is 11.1. The van der Waals surface area contributed by atoms with Crippen LogP contribution in [0.3, 0.4) is 0 Å². The molecule has 4 aromatic rings. The van der Waals surface area contributed by atoms with Gasteiger partial charge in [-0.3, -0.25) is 14.5 Å². The van der Waals surface area contributed by atoms with Gasteiger partial charge in [0.05, 0.1) is 28.5 Å². The van der Waals surface area contributed by atoms with Crippen LogP contribution >= 0.6 is 11.3 Å². The Labute approximate surface area is 257 Å². The van der Waals surface area contributed by atoms with E-state index >= 15 is 0 Å². The number of nitriles is 1. The third-order valence-electron chi connectivity index (χ3n) is 8.02. The van der Waals surface area contributed by atoms with Crippen molar-refractivity contribution in [2.45, 2.75) is 32.2 Å².